The summed E-state index contributed by atoms with van der Waals surface area (Å²) in [5, 5.41) is 4.03. The lowest BCUT2D eigenvalue weighted by Crippen LogP contribution is -2.23. The maximum absolute atomic E-state index is 11.5. The van der Waals surface area contributed by atoms with Crippen LogP contribution in [0.25, 0.3) is 0 Å². The first-order valence-electron chi connectivity index (χ1n) is 4.38. The summed E-state index contributed by atoms with van der Waals surface area (Å²) in [6, 6.07) is 7.15. The van der Waals surface area contributed by atoms with Crippen molar-refractivity contribution in [2.24, 2.45) is 0 Å². The Morgan fingerprint density at radius 3 is 2.93 bits per heavy atom. The summed E-state index contributed by atoms with van der Waals surface area (Å²) in [5.41, 5.74) is 0.723. The Balaban J connectivity index is 2.29. The molecule has 0 amide bonds. The van der Waals surface area contributed by atoms with Crippen LogP contribution in [0.3, 0.4) is 0 Å². The van der Waals surface area contributed by atoms with Gasteiger partial charge in [0.15, 0.2) is 0 Å². The summed E-state index contributed by atoms with van der Waals surface area (Å²) >= 11 is 2.06. The molecule has 0 unspecified atom stereocenters. The van der Waals surface area contributed by atoms with Gasteiger partial charge in [0.1, 0.15) is 0 Å². The number of aromatic nitrogens is 3. The topological polar surface area (TPSA) is 47.8 Å². The minimum absolute atomic E-state index is 0.104. The van der Waals surface area contributed by atoms with Crippen LogP contribution in [0.2, 0.25) is 0 Å². The summed E-state index contributed by atoms with van der Waals surface area (Å²) < 4.78 is 2.24. The maximum atomic E-state index is 11.5. The van der Waals surface area contributed by atoms with Crippen LogP contribution in [0.15, 0.2) is 41.5 Å². The first-order valence-corrected chi connectivity index (χ1v) is 5.46. The number of hydrogen-bond acceptors (Lipinski definition) is 3. The highest BCUT2D eigenvalue weighted by Crippen LogP contribution is 1.98. The largest absolute Gasteiger partial charge is 0.268 e. The molecular weight excluding hydrogens is 305 g/mol. The molecule has 0 bridgehead atoms. The molecule has 0 saturated heterocycles. The van der Waals surface area contributed by atoms with Gasteiger partial charge >= 0.3 is 0 Å². The number of nitrogens with zero attached hydrogens (tertiary/aromatic N) is 3. The molecule has 0 atom stereocenters. The van der Waals surface area contributed by atoms with Crippen LogP contribution < -0.4 is 5.56 Å². The number of hydrogen-bond donors (Lipinski definition) is 0. The van der Waals surface area contributed by atoms with E-state index in [2.05, 4.69) is 32.7 Å². The van der Waals surface area contributed by atoms with Gasteiger partial charge in [0.2, 0.25) is 0 Å². The summed E-state index contributed by atoms with van der Waals surface area (Å²) in [4.78, 5) is 15.6. The van der Waals surface area contributed by atoms with Crippen molar-refractivity contribution in [2.45, 2.75) is 6.54 Å². The average molecular weight is 313 g/mol. The predicted molar refractivity (Wildman–Crippen MR) is 64.6 cm³/mol. The molecule has 0 radical (unpaired) electrons. The quantitative estimate of drug-likeness (QED) is 0.785. The SMILES string of the molecule is O=c1cc(I)cnn1Cc1ccccn1. The Bertz CT molecular complexity index is 510. The Kier molecular flexibility index (Phi) is 3.10. The Hall–Kier alpha value is -1.24. The van der Waals surface area contributed by atoms with Crippen molar-refractivity contribution in [3.63, 3.8) is 0 Å². The highest BCUT2D eigenvalue weighted by molar-refractivity contribution is 14.1. The Morgan fingerprint density at radius 2 is 2.27 bits per heavy atom. The van der Waals surface area contributed by atoms with E-state index < -0.39 is 0 Å². The molecule has 0 spiro atoms. The zero-order chi connectivity index (χ0) is 10.7. The lowest BCUT2D eigenvalue weighted by atomic mass is 10.3. The highest BCUT2D eigenvalue weighted by Gasteiger charge is 1.99. The van der Waals surface area contributed by atoms with Gasteiger partial charge in [-0.3, -0.25) is 9.78 Å². The molecule has 0 aliphatic carbocycles. The van der Waals surface area contributed by atoms with Gasteiger partial charge in [-0.1, -0.05) is 6.07 Å². The third kappa shape index (κ3) is 2.62. The summed E-state index contributed by atoms with van der Waals surface area (Å²) in [7, 11) is 0. The third-order valence-corrected chi connectivity index (χ3v) is 2.46. The molecular formula is C10H8IN3O. The van der Waals surface area contributed by atoms with Gasteiger partial charge in [-0.05, 0) is 34.7 Å². The monoisotopic (exact) mass is 313 g/mol. The van der Waals surface area contributed by atoms with E-state index in [0.29, 0.717) is 6.54 Å². The molecule has 0 fully saturated rings. The van der Waals surface area contributed by atoms with Crippen molar-refractivity contribution in [3.05, 3.63) is 56.3 Å². The zero-order valence-corrected chi connectivity index (χ0v) is 9.96. The first kappa shape index (κ1) is 10.3. The highest BCUT2D eigenvalue weighted by atomic mass is 127. The standard InChI is InChI=1S/C10H8IN3O/c11-8-5-10(15)14(13-6-8)7-9-3-1-2-4-12-9/h1-6H,7H2. The van der Waals surface area contributed by atoms with Gasteiger partial charge < -0.3 is 0 Å². The van der Waals surface area contributed by atoms with E-state index in [0.717, 1.165) is 9.26 Å². The van der Waals surface area contributed by atoms with E-state index in [1.165, 1.54) is 4.68 Å². The minimum Gasteiger partial charge on any atom is -0.268 e. The second-order valence-electron chi connectivity index (χ2n) is 2.99. The molecule has 76 valence electrons. The molecule has 5 heteroatoms. The van der Waals surface area contributed by atoms with Crippen molar-refractivity contribution in [2.75, 3.05) is 0 Å². The van der Waals surface area contributed by atoms with Crippen molar-refractivity contribution in [1.29, 1.82) is 0 Å². The molecule has 15 heavy (non-hydrogen) atoms. The summed E-state index contributed by atoms with van der Waals surface area (Å²) in [5.74, 6) is 0. The fourth-order valence-corrected chi connectivity index (χ4v) is 1.57. The number of pyridine rings is 1. The van der Waals surface area contributed by atoms with E-state index in [1.807, 2.05) is 18.2 Å². The second kappa shape index (κ2) is 4.52. The average Bonchev–Trinajstić information content (AvgIpc) is 2.24. The fourth-order valence-electron chi connectivity index (χ4n) is 1.18. The smallest absolute Gasteiger partial charge is 0.268 e. The van der Waals surface area contributed by atoms with Crippen LogP contribution in [0.5, 0.6) is 0 Å². The number of rotatable bonds is 2. The second-order valence-corrected chi connectivity index (χ2v) is 4.24. The maximum Gasteiger partial charge on any atom is 0.268 e. The minimum atomic E-state index is -0.104. The zero-order valence-electron chi connectivity index (χ0n) is 7.80. The molecule has 2 rings (SSSR count). The fraction of sp³-hybridized carbons (Fsp3) is 0.100. The molecule has 4 nitrogen and oxygen atoms in total. The van der Waals surface area contributed by atoms with Crippen LogP contribution in [-0.2, 0) is 6.54 Å². The predicted octanol–water partition coefficient (Wildman–Crippen LogP) is 1.29. The molecule has 0 N–H and O–H groups in total. The van der Waals surface area contributed by atoms with Gasteiger partial charge in [-0.15, -0.1) is 0 Å². The molecule has 2 aromatic rings. The molecule has 0 aliphatic rings. The lowest BCUT2D eigenvalue weighted by Gasteiger charge is -2.02. The van der Waals surface area contributed by atoms with Gasteiger partial charge in [-0.2, -0.15) is 5.10 Å². The van der Waals surface area contributed by atoms with Crippen LogP contribution in [0.1, 0.15) is 5.69 Å². The third-order valence-electron chi connectivity index (χ3n) is 1.87. The van der Waals surface area contributed by atoms with Gasteiger partial charge in [0.25, 0.3) is 5.56 Å². The van der Waals surface area contributed by atoms with Crippen LogP contribution >= 0.6 is 22.6 Å². The Labute approximate surface area is 100 Å². The molecule has 0 aliphatic heterocycles. The van der Waals surface area contributed by atoms with Gasteiger partial charge in [0.05, 0.1) is 18.4 Å². The van der Waals surface area contributed by atoms with E-state index >= 15 is 0 Å². The van der Waals surface area contributed by atoms with E-state index in [4.69, 9.17) is 0 Å². The normalized spacial score (nSPS) is 10.2. The van der Waals surface area contributed by atoms with Gasteiger partial charge in [0, 0.05) is 15.8 Å². The van der Waals surface area contributed by atoms with E-state index in [1.54, 1.807) is 18.5 Å². The first-order chi connectivity index (χ1) is 7.25. The Morgan fingerprint density at radius 1 is 1.40 bits per heavy atom. The lowest BCUT2D eigenvalue weighted by molar-refractivity contribution is 0.626. The molecule has 2 aromatic heterocycles. The van der Waals surface area contributed by atoms with E-state index in [-0.39, 0.29) is 5.56 Å². The van der Waals surface area contributed by atoms with Crippen molar-refractivity contribution in [3.8, 4) is 0 Å². The van der Waals surface area contributed by atoms with Gasteiger partial charge in [-0.25, -0.2) is 4.68 Å². The van der Waals surface area contributed by atoms with Crippen molar-refractivity contribution in [1.82, 2.24) is 14.8 Å². The van der Waals surface area contributed by atoms with E-state index in [9.17, 15) is 4.79 Å². The van der Waals surface area contributed by atoms with Crippen molar-refractivity contribution < 1.29 is 0 Å². The van der Waals surface area contributed by atoms with Crippen molar-refractivity contribution >= 4 is 22.6 Å². The van der Waals surface area contributed by atoms with Crippen LogP contribution in [0.4, 0.5) is 0 Å². The molecule has 0 aromatic carbocycles. The number of halogens is 1. The molecule has 2 heterocycles. The van der Waals surface area contributed by atoms with Crippen LogP contribution in [-0.4, -0.2) is 14.8 Å². The summed E-state index contributed by atoms with van der Waals surface area (Å²) in [6.07, 6.45) is 3.36. The molecule has 0 saturated carbocycles. The summed E-state index contributed by atoms with van der Waals surface area (Å²) in [6.45, 7) is 0.413. The van der Waals surface area contributed by atoms with Crippen LogP contribution in [0, 0.1) is 3.57 Å².